The van der Waals surface area contributed by atoms with Gasteiger partial charge in [0, 0.05) is 12.1 Å². The van der Waals surface area contributed by atoms with Crippen molar-refractivity contribution in [3.05, 3.63) is 63.9 Å². The molecule has 0 saturated heterocycles. The number of nitrogens with one attached hydrogen (secondary N) is 1. The minimum Gasteiger partial charge on any atom is -0.324 e. The van der Waals surface area contributed by atoms with E-state index in [4.69, 9.17) is 23.2 Å². The van der Waals surface area contributed by atoms with Crippen LogP contribution in [-0.4, -0.2) is 24.4 Å². The maximum Gasteiger partial charge on any atom is 0.238 e. The molecule has 2 aromatic rings. The lowest BCUT2D eigenvalue weighted by atomic mass is 10.2. The molecular formula is C16H15Cl2FN2O. The number of hydrogen-bond donors (Lipinski definition) is 1. The molecule has 0 unspecified atom stereocenters. The van der Waals surface area contributed by atoms with Gasteiger partial charge in [-0.1, -0.05) is 47.5 Å². The summed E-state index contributed by atoms with van der Waals surface area (Å²) in [6.45, 7) is 0.445. The fourth-order valence-corrected chi connectivity index (χ4v) is 2.36. The van der Waals surface area contributed by atoms with Crippen LogP contribution in [0.4, 0.5) is 10.1 Å². The quantitative estimate of drug-likeness (QED) is 0.884. The highest BCUT2D eigenvalue weighted by atomic mass is 35.5. The molecule has 1 amide bonds. The summed E-state index contributed by atoms with van der Waals surface area (Å²) in [4.78, 5) is 13.7. The second kappa shape index (κ2) is 7.58. The first-order valence-electron chi connectivity index (χ1n) is 6.63. The average molecular weight is 341 g/mol. The number of amides is 1. The molecule has 6 heteroatoms. The van der Waals surface area contributed by atoms with E-state index in [9.17, 15) is 9.18 Å². The molecule has 0 radical (unpaired) electrons. The normalized spacial score (nSPS) is 10.8. The van der Waals surface area contributed by atoms with Crippen molar-refractivity contribution in [1.29, 1.82) is 0 Å². The van der Waals surface area contributed by atoms with Crippen LogP contribution >= 0.6 is 23.2 Å². The Morgan fingerprint density at radius 3 is 2.64 bits per heavy atom. The smallest absolute Gasteiger partial charge is 0.238 e. The molecular weight excluding hydrogens is 326 g/mol. The maximum atomic E-state index is 13.6. The monoisotopic (exact) mass is 340 g/mol. The van der Waals surface area contributed by atoms with Gasteiger partial charge in [-0.3, -0.25) is 9.69 Å². The van der Waals surface area contributed by atoms with Crippen LogP contribution in [0.2, 0.25) is 10.0 Å². The summed E-state index contributed by atoms with van der Waals surface area (Å²) in [5, 5.41) is 3.37. The number of likely N-dealkylation sites (N-methyl/N-ethyl adjacent to an activating group) is 1. The molecule has 0 aliphatic carbocycles. The van der Waals surface area contributed by atoms with E-state index in [0.717, 1.165) is 0 Å². The summed E-state index contributed by atoms with van der Waals surface area (Å²) < 4.78 is 13.6. The van der Waals surface area contributed by atoms with Crippen LogP contribution in [0, 0.1) is 5.82 Å². The van der Waals surface area contributed by atoms with E-state index in [0.29, 0.717) is 27.8 Å². The fraction of sp³-hybridized carbons (Fsp3) is 0.188. The van der Waals surface area contributed by atoms with Gasteiger partial charge in [0.1, 0.15) is 5.82 Å². The Kier molecular flexibility index (Phi) is 5.77. The summed E-state index contributed by atoms with van der Waals surface area (Å²) in [6, 6.07) is 11.5. The van der Waals surface area contributed by atoms with Gasteiger partial charge in [-0.25, -0.2) is 4.39 Å². The van der Waals surface area contributed by atoms with Gasteiger partial charge in [-0.15, -0.1) is 0 Å². The molecule has 1 N–H and O–H groups in total. The Morgan fingerprint density at radius 1 is 1.18 bits per heavy atom. The topological polar surface area (TPSA) is 32.3 Å². The number of halogens is 3. The van der Waals surface area contributed by atoms with Crippen molar-refractivity contribution in [3.63, 3.8) is 0 Å². The first-order chi connectivity index (χ1) is 10.5. The van der Waals surface area contributed by atoms with Gasteiger partial charge in [-0.2, -0.15) is 0 Å². The predicted octanol–water partition coefficient (Wildman–Crippen LogP) is 4.20. The number of hydrogen-bond acceptors (Lipinski definition) is 2. The number of nitrogens with zero attached hydrogens (tertiary/aromatic N) is 1. The highest BCUT2D eigenvalue weighted by Crippen LogP contribution is 2.29. The highest BCUT2D eigenvalue weighted by Gasteiger charge is 2.12. The molecule has 0 heterocycles. The SMILES string of the molecule is CN(CC(=O)Nc1cccc(Cl)c1Cl)Cc1ccccc1F. The van der Waals surface area contributed by atoms with Crippen molar-refractivity contribution in [3.8, 4) is 0 Å². The van der Waals surface area contributed by atoms with E-state index in [2.05, 4.69) is 5.32 Å². The summed E-state index contributed by atoms with van der Waals surface area (Å²) in [5.74, 6) is -0.532. The van der Waals surface area contributed by atoms with E-state index < -0.39 is 0 Å². The van der Waals surface area contributed by atoms with E-state index in [1.807, 2.05) is 0 Å². The largest absolute Gasteiger partial charge is 0.324 e. The Morgan fingerprint density at radius 2 is 1.91 bits per heavy atom. The lowest BCUT2D eigenvalue weighted by Crippen LogP contribution is -2.30. The third-order valence-electron chi connectivity index (χ3n) is 3.04. The van der Waals surface area contributed by atoms with Crippen LogP contribution < -0.4 is 5.32 Å². The van der Waals surface area contributed by atoms with Gasteiger partial charge in [0.15, 0.2) is 0 Å². The van der Waals surface area contributed by atoms with Crippen LogP contribution in [0.3, 0.4) is 0 Å². The van der Waals surface area contributed by atoms with Gasteiger partial charge in [0.05, 0.1) is 22.3 Å². The maximum absolute atomic E-state index is 13.6. The van der Waals surface area contributed by atoms with E-state index in [1.54, 1.807) is 48.3 Å². The lowest BCUT2D eigenvalue weighted by Gasteiger charge is -2.17. The molecule has 22 heavy (non-hydrogen) atoms. The number of anilines is 1. The summed E-state index contributed by atoms with van der Waals surface area (Å²) in [6.07, 6.45) is 0. The average Bonchev–Trinajstić information content (AvgIpc) is 2.46. The van der Waals surface area contributed by atoms with Crippen molar-refractivity contribution in [2.45, 2.75) is 6.54 Å². The van der Waals surface area contributed by atoms with Gasteiger partial charge in [0.25, 0.3) is 0 Å². The first-order valence-corrected chi connectivity index (χ1v) is 7.39. The third-order valence-corrected chi connectivity index (χ3v) is 3.86. The van der Waals surface area contributed by atoms with E-state index >= 15 is 0 Å². The van der Waals surface area contributed by atoms with Gasteiger partial charge in [0.2, 0.25) is 5.91 Å². The molecule has 0 bridgehead atoms. The first kappa shape index (κ1) is 16.7. The number of carbonyl (C=O) groups excluding carboxylic acids is 1. The zero-order chi connectivity index (χ0) is 16.1. The van der Waals surface area contributed by atoms with Gasteiger partial charge in [-0.05, 0) is 25.2 Å². The third kappa shape index (κ3) is 4.44. The Balaban J connectivity index is 1.94. The molecule has 0 aliphatic rings. The molecule has 0 aliphatic heterocycles. The van der Waals surface area contributed by atoms with Crippen molar-refractivity contribution < 1.29 is 9.18 Å². The van der Waals surface area contributed by atoms with Crippen molar-refractivity contribution >= 4 is 34.8 Å². The minimum absolute atomic E-state index is 0.108. The van der Waals surface area contributed by atoms with Crippen molar-refractivity contribution in [2.24, 2.45) is 0 Å². The van der Waals surface area contributed by atoms with Crippen LogP contribution in [0.15, 0.2) is 42.5 Å². The molecule has 0 atom stereocenters. The Bertz CT molecular complexity index is 679. The molecule has 0 saturated carbocycles. The molecule has 2 rings (SSSR count). The van der Waals surface area contributed by atoms with Gasteiger partial charge >= 0.3 is 0 Å². The van der Waals surface area contributed by atoms with Gasteiger partial charge < -0.3 is 5.32 Å². The Labute approximate surface area is 138 Å². The second-order valence-corrected chi connectivity index (χ2v) is 5.70. The molecule has 0 fully saturated rings. The molecule has 2 aromatic carbocycles. The Hall–Kier alpha value is -1.62. The second-order valence-electron chi connectivity index (χ2n) is 4.91. The minimum atomic E-state index is -0.285. The summed E-state index contributed by atoms with van der Waals surface area (Å²) in [5.41, 5.74) is 0.997. The molecule has 0 spiro atoms. The van der Waals surface area contributed by atoms with Crippen molar-refractivity contribution in [2.75, 3.05) is 18.9 Å². The molecule has 3 nitrogen and oxygen atoms in total. The van der Waals surface area contributed by atoms with E-state index in [-0.39, 0.29) is 18.3 Å². The lowest BCUT2D eigenvalue weighted by molar-refractivity contribution is -0.117. The number of rotatable bonds is 5. The number of benzene rings is 2. The zero-order valence-electron chi connectivity index (χ0n) is 11.9. The fourth-order valence-electron chi connectivity index (χ4n) is 2.01. The van der Waals surface area contributed by atoms with Crippen LogP contribution in [0.1, 0.15) is 5.56 Å². The van der Waals surface area contributed by atoms with Crippen LogP contribution in [0.25, 0.3) is 0 Å². The summed E-state index contributed by atoms with van der Waals surface area (Å²) in [7, 11) is 1.74. The van der Waals surface area contributed by atoms with E-state index in [1.165, 1.54) is 6.07 Å². The molecule has 0 aromatic heterocycles. The highest BCUT2D eigenvalue weighted by molar-refractivity contribution is 6.43. The van der Waals surface area contributed by atoms with Crippen molar-refractivity contribution in [1.82, 2.24) is 4.90 Å². The predicted molar refractivity (Wildman–Crippen MR) is 87.8 cm³/mol. The zero-order valence-corrected chi connectivity index (χ0v) is 13.5. The summed E-state index contributed by atoms with van der Waals surface area (Å²) >= 11 is 11.9. The van der Waals surface area contributed by atoms with Crippen LogP contribution in [-0.2, 0) is 11.3 Å². The molecule has 116 valence electrons. The standard InChI is InChI=1S/C16H15Cl2FN2O/c1-21(9-11-5-2-3-7-13(11)19)10-15(22)20-14-8-4-6-12(17)16(14)18/h2-8H,9-10H2,1H3,(H,20,22). The van der Waals surface area contributed by atoms with Crippen LogP contribution in [0.5, 0.6) is 0 Å². The number of carbonyl (C=O) groups is 1.